The lowest BCUT2D eigenvalue weighted by atomic mass is 10.2. The van der Waals surface area contributed by atoms with Crippen molar-refractivity contribution in [1.29, 1.82) is 0 Å². The fourth-order valence-electron chi connectivity index (χ4n) is 1.69. The third-order valence-corrected chi connectivity index (χ3v) is 4.79. The zero-order valence-electron chi connectivity index (χ0n) is 9.91. The molecule has 1 fully saturated rings. The highest BCUT2D eigenvalue weighted by Crippen LogP contribution is 2.24. The Kier molecular flexibility index (Phi) is 7.32. The molecule has 16 heavy (non-hydrogen) atoms. The van der Waals surface area contributed by atoms with E-state index in [1.165, 1.54) is 25.0 Å². The topological polar surface area (TPSA) is 55.1 Å². The summed E-state index contributed by atoms with van der Waals surface area (Å²) in [6.45, 7) is 0.788. The molecular formula is C11H22N2OS2. The molecule has 0 aromatic rings. The van der Waals surface area contributed by atoms with E-state index in [0.717, 1.165) is 18.7 Å². The normalized spacial score (nSPS) is 22.8. The van der Waals surface area contributed by atoms with Gasteiger partial charge >= 0.3 is 0 Å². The zero-order chi connectivity index (χ0) is 11.8. The highest BCUT2D eigenvalue weighted by atomic mass is 32.2. The van der Waals surface area contributed by atoms with Crippen LogP contribution in [0.2, 0.25) is 0 Å². The van der Waals surface area contributed by atoms with Crippen LogP contribution in [0.4, 0.5) is 0 Å². The SMILES string of the molecule is CSCC[C@H](N)C(=O)NCC1CCCCS1. The van der Waals surface area contributed by atoms with Crippen LogP contribution in [0.1, 0.15) is 25.7 Å². The standard InChI is InChI=1S/C11H22N2OS2/c1-15-7-5-10(12)11(14)13-8-9-4-2-3-6-16-9/h9-10H,2-8,12H2,1H3,(H,13,14)/t9?,10-/m0/s1. The Hall–Kier alpha value is 0.130. The van der Waals surface area contributed by atoms with Gasteiger partial charge in [0.05, 0.1) is 6.04 Å². The van der Waals surface area contributed by atoms with Gasteiger partial charge in [-0.15, -0.1) is 0 Å². The van der Waals surface area contributed by atoms with Crippen LogP contribution in [-0.4, -0.2) is 41.5 Å². The second-order valence-corrected chi connectivity index (χ2v) is 6.52. The number of nitrogens with one attached hydrogen (secondary N) is 1. The molecule has 0 aliphatic carbocycles. The largest absolute Gasteiger partial charge is 0.354 e. The van der Waals surface area contributed by atoms with Crippen molar-refractivity contribution in [2.45, 2.75) is 37.0 Å². The van der Waals surface area contributed by atoms with E-state index in [1.807, 2.05) is 18.0 Å². The first kappa shape index (κ1) is 14.2. The Morgan fingerprint density at radius 1 is 1.62 bits per heavy atom. The van der Waals surface area contributed by atoms with Gasteiger partial charge in [-0.05, 0) is 37.0 Å². The van der Waals surface area contributed by atoms with Crippen molar-refractivity contribution in [3.63, 3.8) is 0 Å². The minimum absolute atomic E-state index is 0.0141. The summed E-state index contributed by atoms with van der Waals surface area (Å²) in [5, 5.41) is 3.57. The van der Waals surface area contributed by atoms with Gasteiger partial charge in [-0.3, -0.25) is 4.79 Å². The lowest BCUT2D eigenvalue weighted by molar-refractivity contribution is -0.122. The van der Waals surface area contributed by atoms with E-state index in [2.05, 4.69) is 5.32 Å². The lowest BCUT2D eigenvalue weighted by Gasteiger charge is -2.22. The predicted molar refractivity (Wildman–Crippen MR) is 74.1 cm³/mol. The van der Waals surface area contributed by atoms with Gasteiger partial charge in [-0.1, -0.05) is 6.42 Å². The van der Waals surface area contributed by atoms with Crippen molar-refractivity contribution in [2.24, 2.45) is 5.73 Å². The average molecular weight is 262 g/mol. The van der Waals surface area contributed by atoms with Crippen molar-refractivity contribution in [3.8, 4) is 0 Å². The van der Waals surface area contributed by atoms with Crippen LogP contribution >= 0.6 is 23.5 Å². The van der Waals surface area contributed by atoms with Crippen LogP contribution in [0.15, 0.2) is 0 Å². The Morgan fingerprint density at radius 3 is 3.06 bits per heavy atom. The summed E-state index contributed by atoms with van der Waals surface area (Å²) < 4.78 is 0. The van der Waals surface area contributed by atoms with Gasteiger partial charge in [0.1, 0.15) is 0 Å². The van der Waals surface area contributed by atoms with Gasteiger partial charge in [0.15, 0.2) is 0 Å². The van der Waals surface area contributed by atoms with Crippen molar-refractivity contribution in [1.82, 2.24) is 5.32 Å². The molecule has 0 aromatic carbocycles. The molecule has 1 rings (SSSR count). The molecule has 94 valence electrons. The summed E-state index contributed by atoms with van der Waals surface area (Å²) in [5.41, 5.74) is 5.79. The molecule has 1 saturated heterocycles. The van der Waals surface area contributed by atoms with Crippen molar-refractivity contribution < 1.29 is 4.79 Å². The fourth-order valence-corrected chi connectivity index (χ4v) is 3.42. The minimum atomic E-state index is -0.332. The maximum atomic E-state index is 11.6. The number of nitrogens with two attached hydrogens (primary N) is 1. The molecule has 1 heterocycles. The summed E-state index contributed by atoms with van der Waals surface area (Å²) in [7, 11) is 0. The number of carbonyl (C=O) groups excluding carboxylic acids is 1. The first-order valence-corrected chi connectivity index (χ1v) is 8.32. The third kappa shape index (κ3) is 5.46. The quantitative estimate of drug-likeness (QED) is 0.761. The fraction of sp³-hybridized carbons (Fsp3) is 0.909. The Labute approximate surface area is 107 Å². The van der Waals surface area contributed by atoms with Gasteiger partial charge in [0.25, 0.3) is 0 Å². The number of hydrogen-bond donors (Lipinski definition) is 2. The number of hydrogen-bond acceptors (Lipinski definition) is 4. The maximum absolute atomic E-state index is 11.6. The highest BCUT2D eigenvalue weighted by molar-refractivity contribution is 8.00. The van der Waals surface area contributed by atoms with Gasteiger partial charge in [-0.25, -0.2) is 0 Å². The molecule has 1 aliphatic heterocycles. The summed E-state index contributed by atoms with van der Waals surface area (Å²) in [6.07, 6.45) is 6.65. The highest BCUT2D eigenvalue weighted by Gasteiger charge is 2.17. The van der Waals surface area contributed by atoms with E-state index in [0.29, 0.717) is 5.25 Å². The summed E-state index contributed by atoms with van der Waals surface area (Å²) >= 11 is 3.70. The summed E-state index contributed by atoms with van der Waals surface area (Å²) in [6, 6.07) is -0.332. The number of rotatable bonds is 6. The molecule has 0 spiro atoms. The molecule has 1 aliphatic rings. The molecule has 0 radical (unpaired) electrons. The van der Waals surface area contributed by atoms with Crippen LogP contribution in [-0.2, 0) is 4.79 Å². The predicted octanol–water partition coefficient (Wildman–Crippen LogP) is 1.47. The van der Waals surface area contributed by atoms with Crippen molar-refractivity contribution in [3.05, 3.63) is 0 Å². The van der Waals surface area contributed by atoms with E-state index in [9.17, 15) is 4.79 Å². The molecule has 0 bridgehead atoms. The molecule has 5 heteroatoms. The number of amides is 1. The van der Waals surface area contributed by atoms with Crippen molar-refractivity contribution in [2.75, 3.05) is 24.3 Å². The van der Waals surface area contributed by atoms with E-state index >= 15 is 0 Å². The number of thioether (sulfide) groups is 2. The van der Waals surface area contributed by atoms with E-state index in [4.69, 9.17) is 5.73 Å². The van der Waals surface area contributed by atoms with Crippen LogP contribution in [0.5, 0.6) is 0 Å². The lowest BCUT2D eigenvalue weighted by Crippen LogP contribution is -2.43. The van der Waals surface area contributed by atoms with Gasteiger partial charge < -0.3 is 11.1 Å². The molecule has 2 atom stereocenters. The molecular weight excluding hydrogens is 240 g/mol. The van der Waals surface area contributed by atoms with E-state index in [-0.39, 0.29) is 11.9 Å². The van der Waals surface area contributed by atoms with E-state index in [1.54, 1.807) is 11.8 Å². The second kappa shape index (κ2) is 8.25. The summed E-state index contributed by atoms with van der Waals surface area (Å²) in [4.78, 5) is 11.6. The maximum Gasteiger partial charge on any atom is 0.236 e. The van der Waals surface area contributed by atoms with Gasteiger partial charge in [-0.2, -0.15) is 23.5 Å². The van der Waals surface area contributed by atoms with Crippen LogP contribution in [0.3, 0.4) is 0 Å². The smallest absolute Gasteiger partial charge is 0.236 e. The Balaban J connectivity index is 2.12. The Morgan fingerprint density at radius 2 is 2.44 bits per heavy atom. The molecule has 0 aromatic heterocycles. The number of carbonyl (C=O) groups is 1. The molecule has 0 saturated carbocycles. The van der Waals surface area contributed by atoms with Gasteiger partial charge in [0, 0.05) is 11.8 Å². The average Bonchev–Trinajstić information content (AvgIpc) is 2.34. The summed E-state index contributed by atoms with van der Waals surface area (Å²) in [5.74, 6) is 2.20. The van der Waals surface area contributed by atoms with Crippen LogP contribution in [0.25, 0.3) is 0 Å². The second-order valence-electron chi connectivity index (χ2n) is 4.12. The first-order chi connectivity index (χ1) is 7.74. The van der Waals surface area contributed by atoms with Crippen molar-refractivity contribution >= 4 is 29.4 Å². The monoisotopic (exact) mass is 262 g/mol. The van der Waals surface area contributed by atoms with Gasteiger partial charge in [0.2, 0.25) is 5.91 Å². The molecule has 1 amide bonds. The molecule has 3 nitrogen and oxygen atoms in total. The zero-order valence-corrected chi connectivity index (χ0v) is 11.5. The molecule has 3 N–H and O–H groups in total. The van der Waals surface area contributed by atoms with Crippen LogP contribution in [0, 0.1) is 0 Å². The van der Waals surface area contributed by atoms with Crippen LogP contribution < -0.4 is 11.1 Å². The van der Waals surface area contributed by atoms with E-state index < -0.39 is 0 Å². The Bertz CT molecular complexity index is 208. The first-order valence-electron chi connectivity index (χ1n) is 5.88. The minimum Gasteiger partial charge on any atom is -0.354 e. The molecule has 1 unspecified atom stereocenters. The third-order valence-electron chi connectivity index (χ3n) is 2.75.